The van der Waals surface area contributed by atoms with Crippen LogP contribution in [0.15, 0.2) is 15.8 Å². The standard InChI is InChI=1S/C5H4ClF2N2/c1-2-3(5(7)8)4(6)10-9-2/h5H,1H3. The molecule has 0 saturated heterocycles. The summed E-state index contributed by atoms with van der Waals surface area (Å²) in [4.78, 5) is 0. The first-order valence-electron chi connectivity index (χ1n) is 2.56. The van der Waals surface area contributed by atoms with Crippen molar-refractivity contribution in [1.29, 1.82) is 0 Å². The number of rotatable bonds is 1. The van der Waals surface area contributed by atoms with Crippen molar-refractivity contribution in [2.75, 3.05) is 0 Å². The maximum absolute atomic E-state index is 12.0. The van der Waals surface area contributed by atoms with Gasteiger partial charge in [-0.2, -0.15) is 5.10 Å². The van der Waals surface area contributed by atoms with Gasteiger partial charge in [-0.05, 0) is 6.92 Å². The molecule has 0 N–H and O–H groups in total. The highest BCUT2D eigenvalue weighted by Gasteiger charge is 2.24. The highest BCUT2D eigenvalue weighted by molar-refractivity contribution is 6.32. The molecule has 1 aliphatic rings. The molecule has 1 radical (unpaired) electrons. The molecule has 0 aromatic carbocycles. The van der Waals surface area contributed by atoms with Gasteiger partial charge in [-0.15, -0.1) is 5.43 Å². The molecule has 5 heteroatoms. The lowest BCUT2D eigenvalue weighted by Crippen LogP contribution is -2.04. The van der Waals surface area contributed by atoms with Crippen molar-refractivity contribution in [3.63, 3.8) is 0 Å². The van der Waals surface area contributed by atoms with Crippen LogP contribution in [-0.4, -0.2) is 12.1 Å². The van der Waals surface area contributed by atoms with Crippen LogP contribution >= 0.6 is 11.6 Å². The van der Waals surface area contributed by atoms with Crippen LogP contribution in [0.5, 0.6) is 0 Å². The average molecular weight is 166 g/mol. The molecule has 0 spiro atoms. The van der Waals surface area contributed by atoms with E-state index in [0.717, 1.165) is 0 Å². The van der Waals surface area contributed by atoms with Crippen molar-refractivity contribution >= 4 is 17.3 Å². The molecular formula is C5H4ClF2N2. The molecule has 0 saturated carbocycles. The number of halogens is 3. The first-order valence-corrected chi connectivity index (χ1v) is 2.94. The van der Waals surface area contributed by atoms with Crippen molar-refractivity contribution in [2.24, 2.45) is 5.10 Å². The van der Waals surface area contributed by atoms with E-state index in [9.17, 15) is 8.78 Å². The molecule has 0 fully saturated rings. The fraction of sp³-hybridized carbons (Fsp3) is 0.400. The minimum atomic E-state index is -2.58. The number of alkyl halides is 2. The van der Waals surface area contributed by atoms with Gasteiger partial charge in [-0.25, -0.2) is 8.78 Å². The van der Waals surface area contributed by atoms with E-state index in [1.54, 1.807) is 0 Å². The normalized spacial score (nSPS) is 17.9. The maximum atomic E-state index is 12.0. The summed E-state index contributed by atoms with van der Waals surface area (Å²) in [5, 5.41) is 3.17. The van der Waals surface area contributed by atoms with Gasteiger partial charge in [0.1, 0.15) is 0 Å². The Labute approximate surface area is 61.6 Å². The maximum Gasteiger partial charge on any atom is 0.268 e. The van der Waals surface area contributed by atoms with E-state index in [-0.39, 0.29) is 16.4 Å². The van der Waals surface area contributed by atoms with E-state index < -0.39 is 6.43 Å². The van der Waals surface area contributed by atoms with Gasteiger partial charge in [0.15, 0.2) is 5.16 Å². The number of hydrogen-bond donors (Lipinski definition) is 0. The Morgan fingerprint density at radius 2 is 2.10 bits per heavy atom. The van der Waals surface area contributed by atoms with Crippen LogP contribution in [0.3, 0.4) is 0 Å². The van der Waals surface area contributed by atoms with Crippen LogP contribution in [0, 0.1) is 0 Å². The van der Waals surface area contributed by atoms with Crippen LogP contribution in [-0.2, 0) is 0 Å². The summed E-state index contributed by atoms with van der Waals surface area (Å²) in [6, 6.07) is 0. The van der Waals surface area contributed by atoms with Gasteiger partial charge in [0.05, 0.1) is 11.3 Å². The van der Waals surface area contributed by atoms with E-state index >= 15 is 0 Å². The molecule has 0 bridgehead atoms. The molecule has 1 rings (SSSR count). The minimum Gasteiger partial charge on any atom is -0.205 e. The van der Waals surface area contributed by atoms with Gasteiger partial charge in [0.2, 0.25) is 0 Å². The molecular weight excluding hydrogens is 162 g/mol. The zero-order valence-corrected chi connectivity index (χ0v) is 5.86. The Balaban J connectivity index is 2.90. The SMILES string of the molecule is CC1=N[N]C(Cl)=C1C(F)F. The van der Waals surface area contributed by atoms with Crippen molar-refractivity contribution in [1.82, 2.24) is 5.43 Å². The lowest BCUT2D eigenvalue weighted by atomic mass is 10.2. The van der Waals surface area contributed by atoms with Crippen LogP contribution in [0.1, 0.15) is 6.92 Å². The second kappa shape index (κ2) is 2.54. The largest absolute Gasteiger partial charge is 0.268 e. The Hall–Kier alpha value is -0.640. The summed E-state index contributed by atoms with van der Waals surface area (Å²) < 4.78 is 23.9. The highest BCUT2D eigenvalue weighted by atomic mass is 35.5. The molecule has 0 aromatic heterocycles. The molecule has 55 valence electrons. The number of nitrogens with zero attached hydrogens (tertiary/aromatic N) is 2. The summed E-state index contributed by atoms with van der Waals surface area (Å²) in [5.41, 5.74) is 3.20. The summed E-state index contributed by atoms with van der Waals surface area (Å²) in [6.07, 6.45) is -2.58. The Kier molecular flexibility index (Phi) is 1.89. The molecule has 1 aliphatic heterocycles. The molecule has 0 aliphatic carbocycles. The lowest BCUT2D eigenvalue weighted by molar-refractivity contribution is 0.196. The van der Waals surface area contributed by atoms with Crippen LogP contribution in [0.2, 0.25) is 0 Å². The Morgan fingerprint density at radius 3 is 2.30 bits per heavy atom. The molecule has 10 heavy (non-hydrogen) atoms. The first kappa shape index (κ1) is 7.47. The zero-order valence-electron chi connectivity index (χ0n) is 5.11. The van der Waals surface area contributed by atoms with Crippen LogP contribution in [0.4, 0.5) is 8.78 Å². The van der Waals surface area contributed by atoms with Gasteiger partial charge >= 0.3 is 0 Å². The number of allylic oxidation sites excluding steroid dienone is 1. The third-order valence-corrected chi connectivity index (χ3v) is 1.40. The third kappa shape index (κ3) is 1.11. The van der Waals surface area contributed by atoms with E-state index in [1.165, 1.54) is 6.92 Å². The Morgan fingerprint density at radius 1 is 1.50 bits per heavy atom. The van der Waals surface area contributed by atoms with Gasteiger partial charge in [-0.3, -0.25) is 0 Å². The summed E-state index contributed by atoms with van der Waals surface area (Å²) >= 11 is 5.29. The molecule has 1 heterocycles. The van der Waals surface area contributed by atoms with Crippen LogP contribution in [0.25, 0.3) is 0 Å². The minimum absolute atomic E-state index is 0.194. The van der Waals surface area contributed by atoms with E-state index in [4.69, 9.17) is 11.6 Å². The third-order valence-electron chi connectivity index (χ3n) is 1.12. The van der Waals surface area contributed by atoms with E-state index in [1.807, 2.05) is 0 Å². The molecule has 0 unspecified atom stereocenters. The number of hydrogen-bond acceptors (Lipinski definition) is 1. The average Bonchev–Trinajstić information content (AvgIpc) is 2.11. The predicted molar refractivity (Wildman–Crippen MR) is 34.1 cm³/mol. The predicted octanol–water partition coefficient (Wildman–Crippen LogP) is 1.70. The van der Waals surface area contributed by atoms with Crippen molar-refractivity contribution in [3.8, 4) is 0 Å². The highest BCUT2D eigenvalue weighted by Crippen LogP contribution is 2.21. The fourth-order valence-electron chi connectivity index (χ4n) is 0.624. The fourth-order valence-corrected chi connectivity index (χ4v) is 0.881. The van der Waals surface area contributed by atoms with Gasteiger partial charge < -0.3 is 0 Å². The summed E-state index contributed by atoms with van der Waals surface area (Å²) in [5.74, 6) is 0. The second-order valence-electron chi connectivity index (χ2n) is 1.79. The van der Waals surface area contributed by atoms with Crippen molar-refractivity contribution in [2.45, 2.75) is 13.3 Å². The topological polar surface area (TPSA) is 26.5 Å². The van der Waals surface area contributed by atoms with Gasteiger partial charge in [0.25, 0.3) is 6.43 Å². The van der Waals surface area contributed by atoms with E-state index in [0.29, 0.717) is 0 Å². The van der Waals surface area contributed by atoms with Gasteiger partial charge in [-0.1, -0.05) is 11.6 Å². The van der Waals surface area contributed by atoms with Crippen molar-refractivity contribution in [3.05, 3.63) is 10.7 Å². The zero-order chi connectivity index (χ0) is 7.72. The first-order chi connectivity index (χ1) is 4.63. The molecule has 0 amide bonds. The van der Waals surface area contributed by atoms with Gasteiger partial charge in [0, 0.05) is 0 Å². The summed E-state index contributed by atoms with van der Waals surface area (Å²) in [7, 11) is 0. The molecule has 0 aromatic rings. The summed E-state index contributed by atoms with van der Waals surface area (Å²) in [6.45, 7) is 1.44. The molecule has 0 atom stereocenters. The van der Waals surface area contributed by atoms with E-state index in [2.05, 4.69) is 10.5 Å². The lowest BCUT2D eigenvalue weighted by Gasteiger charge is -1.97. The second-order valence-corrected chi connectivity index (χ2v) is 2.15. The Bertz CT molecular complexity index is 210. The molecule has 2 nitrogen and oxygen atoms in total. The quantitative estimate of drug-likeness (QED) is 0.529. The monoisotopic (exact) mass is 165 g/mol. The van der Waals surface area contributed by atoms with Crippen molar-refractivity contribution < 1.29 is 8.78 Å². The van der Waals surface area contributed by atoms with Crippen LogP contribution < -0.4 is 5.43 Å². The smallest absolute Gasteiger partial charge is 0.205 e.